The minimum Gasteiger partial charge on any atom is -0.158 e. The zero-order chi connectivity index (χ0) is 5.98. The predicted molar refractivity (Wildman–Crippen MR) is 27.0 cm³/mol. The standard InChI is InChI=1S/C4H3ClN2/c5-4-2-1-3-6-7-4/h1-3H/i3D. The highest BCUT2D eigenvalue weighted by Crippen LogP contribution is 1.96. The van der Waals surface area contributed by atoms with E-state index < -0.39 is 0 Å². The van der Waals surface area contributed by atoms with E-state index in [2.05, 4.69) is 10.2 Å². The third-order valence-corrected chi connectivity index (χ3v) is 0.700. The number of hydrogen-bond acceptors (Lipinski definition) is 2. The summed E-state index contributed by atoms with van der Waals surface area (Å²) in [4.78, 5) is 0. The van der Waals surface area contributed by atoms with Crippen molar-refractivity contribution in [1.82, 2.24) is 10.2 Å². The fraction of sp³-hybridized carbons (Fsp3) is 0. The third kappa shape index (κ3) is 1.12. The lowest BCUT2D eigenvalue weighted by atomic mass is 10.6. The molecule has 36 valence electrons. The van der Waals surface area contributed by atoms with Gasteiger partial charge in [0.1, 0.15) is 0 Å². The van der Waals surface area contributed by atoms with Crippen molar-refractivity contribution in [2.75, 3.05) is 0 Å². The van der Waals surface area contributed by atoms with E-state index in [-0.39, 0.29) is 6.17 Å². The van der Waals surface area contributed by atoms with Crippen LogP contribution in [0.4, 0.5) is 0 Å². The first kappa shape index (κ1) is 3.38. The Bertz CT molecular complexity index is 153. The van der Waals surface area contributed by atoms with Gasteiger partial charge in [0.2, 0.25) is 0 Å². The molecule has 1 rings (SSSR count). The van der Waals surface area contributed by atoms with Crippen LogP contribution in [0.15, 0.2) is 18.3 Å². The van der Waals surface area contributed by atoms with Gasteiger partial charge in [0.15, 0.2) is 5.15 Å². The number of rotatable bonds is 0. The van der Waals surface area contributed by atoms with Crippen LogP contribution in [-0.4, -0.2) is 10.2 Å². The minimum atomic E-state index is 0.134. The first-order valence-corrected chi connectivity index (χ1v) is 2.12. The van der Waals surface area contributed by atoms with Crippen LogP contribution in [0, 0.1) is 0 Å². The van der Waals surface area contributed by atoms with Gasteiger partial charge >= 0.3 is 0 Å². The van der Waals surface area contributed by atoms with E-state index in [1.165, 1.54) is 12.1 Å². The Hall–Kier alpha value is -0.630. The Kier molecular flexibility index (Phi) is 0.912. The zero-order valence-corrected chi connectivity index (χ0v) is 4.18. The van der Waals surface area contributed by atoms with Gasteiger partial charge in [-0.05, 0) is 12.1 Å². The molecule has 1 aromatic heterocycles. The number of halogens is 1. The van der Waals surface area contributed by atoms with E-state index in [4.69, 9.17) is 13.0 Å². The molecule has 0 bridgehead atoms. The lowest BCUT2D eigenvalue weighted by Crippen LogP contribution is -1.74. The van der Waals surface area contributed by atoms with Crippen molar-refractivity contribution >= 4 is 11.6 Å². The fourth-order valence-electron chi connectivity index (χ4n) is 0.249. The summed E-state index contributed by atoms with van der Waals surface area (Å²) in [7, 11) is 0. The van der Waals surface area contributed by atoms with E-state index in [1.807, 2.05) is 0 Å². The van der Waals surface area contributed by atoms with Crippen molar-refractivity contribution in [3.8, 4) is 0 Å². The second-order valence-electron chi connectivity index (χ2n) is 0.985. The van der Waals surface area contributed by atoms with E-state index >= 15 is 0 Å². The molecular weight excluding hydrogens is 112 g/mol. The summed E-state index contributed by atoms with van der Waals surface area (Å²) in [6.07, 6.45) is 0.134. The largest absolute Gasteiger partial charge is 0.158 e. The summed E-state index contributed by atoms with van der Waals surface area (Å²) in [6, 6.07) is 3.01. The van der Waals surface area contributed by atoms with Crippen LogP contribution in [0.2, 0.25) is 5.15 Å². The molecule has 0 amide bonds. The Balaban J connectivity index is 3.03. The molecule has 0 spiro atoms. The first-order valence-electron chi connectivity index (χ1n) is 2.25. The van der Waals surface area contributed by atoms with Crippen LogP contribution in [0.1, 0.15) is 1.37 Å². The molecule has 0 radical (unpaired) electrons. The monoisotopic (exact) mass is 115 g/mol. The molecule has 1 heterocycles. The molecule has 0 saturated heterocycles. The molecule has 0 fully saturated rings. The minimum absolute atomic E-state index is 0.134. The summed E-state index contributed by atoms with van der Waals surface area (Å²) in [5.74, 6) is 0. The molecule has 2 nitrogen and oxygen atoms in total. The molecule has 0 aliphatic rings. The summed E-state index contributed by atoms with van der Waals surface area (Å²) >= 11 is 5.35. The quantitative estimate of drug-likeness (QED) is 0.507. The summed E-state index contributed by atoms with van der Waals surface area (Å²) < 4.78 is 6.86. The van der Waals surface area contributed by atoms with Gasteiger partial charge in [-0.2, -0.15) is 5.10 Å². The van der Waals surface area contributed by atoms with Crippen molar-refractivity contribution in [2.45, 2.75) is 0 Å². The van der Waals surface area contributed by atoms with Crippen molar-refractivity contribution in [3.63, 3.8) is 0 Å². The van der Waals surface area contributed by atoms with E-state index in [1.54, 1.807) is 0 Å². The Morgan fingerprint density at radius 2 is 2.71 bits per heavy atom. The molecule has 0 aromatic carbocycles. The van der Waals surface area contributed by atoms with Crippen molar-refractivity contribution in [2.24, 2.45) is 0 Å². The van der Waals surface area contributed by atoms with Crippen LogP contribution in [-0.2, 0) is 0 Å². The highest BCUT2D eigenvalue weighted by molar-refractivity contribution is 6.29. The van der Waals surface area contributed by atoms with Crippen molar-refractivity contribution in [3.05, 3.63) is 23.5 Å². The van der Waals surface area contributed by atoms with Crippen LogP contribution in [0.25, 0.3) is 0 Å². The van der Waals surface area contributed by atoms with Gasteiger partial charge < -0.3 is 0 Å². The van der Waals surface area contributed by atoms with Gasteiger partial charge in [0.05, 0.1) is 1.37 Å². The van der Waals surface area contributed by atoms with Gasteiger partial charge in [-0.3, -0.25) is 0 Å². The van der Waals surface area contributed by atoms with Gasteiger partial charge in [-0.1, -0.05) is 11.6 Å². The van der Waals surface area contributed by atoms with Crippen LogP contribution in [0.5, 0.6) is 0 Å². The molecule has 0 aliphatic heterocycles. The van der Waals surface area contributed by atoms with Gasteiger partial charge in [-0.15, -0.1) is 5.10 Å². The van der Waals surface area contributed by atoms with E-state index in [9.17, 15) is 0 Å². The normalized spacial score (nSPS) is 10.7. The van der Waals surface area contributed by atoms with Crippen molar-refractivity contribution in [1.29, 1.82) is 0 Å². The molecule has 0 N–H and O–H groups in total. The summed E-state index contributed by atoms with van der Waals surface area (Å²) in [6.45, 7) is 0. The zero-order valence-electron chi connectivity index (χ0n) is 4.43. The second-order valence-corrected chi connectivity index (χ2v) is 1.37. The number of aromatic nitrogens is 2. The SMILES string of the molecule is [2H]c1ccc(Cl)nn1. The topological polar surface area (TPSA) is 25.8 Å². The molecule has 1 aromatic rings. The van der Waals surface area contributed by atoms with E-state index in [0.29, 0.717) is 5.15 Å². The van der Waals surface area contributed by atoms with Crippen LogP contribution in [0.3, 0.4) is 0 Å². The number of nitrogens with zero attached hydrogens (tertiary/aromatic N) is 2. The maximum atomic E-state index is 6.86. The summed E-state index contributed by atoms with van der Waals surface area (Å²) in [5.41, 5.74) is 0. The summed E-state index contributed by atoms with van der Waals surface area (Å²) in [5, 5.41) is 7.09. The van der Waals surface area contributed by atoms with Gasteiger partial charge in [-0.25, -0.2) is 0 Å². The van der Waals surface area contributed by atoms with Crippen molar-refractivity contribution < 1.29 is 1.37 Å². The first-order chi connectivity index (χ1) is 3.79. The maximum Gasteiger partial charge on any atom is 0.151 e. The molecule has 0 saturated carbocycles. The molecule has 7 heavy (non-hydrogen) atoms. The maximum absolute atomic E-state index is 6.86. The molecule has 0 unspecified atom stereocenters. The van der Waals surface area contributed by atoms with Gasteiger partial charge in [0, 0.05) is 6.17 Å². The molecule has 3 heteroatoms. The lowest BCUT2D eigenvalue weighted by Gasteiger charge is -1.78. The molecule has 0 aliphatic carbocycles. The Labute approximate surface area is 47.5 Å². The smallest absolute Gasteiger partial charge is 0.151 e. The average molecular weight is 116 g/mol. The fourth-order valence-corrected chi connectivity index (χ4v) is 0.350. The Morgan fingerprint density at radius 1 is 1.86 bits per heavy atom. The lowest BCUT2D eigenvalue weighted by molar-refractivity contribution is 1.03. The highest BCUT2D eigenvalue weighted by Gasteiger charge is 1.78. The predicted octanol–water partition coefficient (Wildman–Crippen LogP) is 1.13. The second kappa shape index (κ2) is 1.89. The van der Waals surface area contributed by atoms with Gasteiger partial charge in [0.25, 0.3) is 0 Å². The van der Waals surface area contributed by atoms with Crippen LogP contribution < -0.4 is 0 Å². The average Bonchev–Trinajstić information content (AvgIpc) is 1.77. The third-order valence-electron chi connectivity index (χ3n) is 0.499. The van der Waals surface area contributed by atoms with E-state index in [0.717, 1.165) is 0 Å². The molecule has 0 atom stereocenters. The highest BCUT2D eigenvalue weighted by atomic mass is 35.5. The number of hydrogen-bond donors (Lipinski definition) is 0. The Morgan fingerprint density at radius 3 is 3.14 bits per heavy atom. The molecular formula is C4H3ClN2. The van der Waals surface area contributed by atoms with Crippen LogP contribution >= 0.6 is 11.6 Å².